The number of carbonyl (C=O) groups excluding carboxylic acids is 1. The zero-order valence-corrected chi connectivity index (χ0v) is 15.9. The molecule has 0 aliphatic carbocycles. The van der Waals surface area contributed by atoms with Crippen molar-refractivity contribution in [2.45, 2.75) is 38.8 Å². The summed E-state index contributed by atoms with van der Waals surface area (Å²) in [7, 11) is 1.66. The average Bonchev–Trinajstić information content (AvgIpc) is 2.60. The van der Waals surface area contributed by atoms with Crippen LogP contribution in [0, 0.1) is 0 Å². The number of hydrogen-bond donors (Lipinski definition) is 2. The van der Waals surface area contributed by atoms with Crippen LogP contribution in [0.2, 0.25) is 0 Å². The lowest BCUT2D eigenvalue weighted by Gasteiger charge is -2.22. The molecule has 4 nitrogen and oxygen atoms in total. The van der Waals surface area contributed by atoms with E-state index in [1.807, 2.05) is 43.3 Å². The van der Waals surface area contributed by atoms with Gasteiger partial charge in [-0.2, -0.15) is 0 Å². The Bertz CT molecular complexity index is 667. The van der Waals surface area contributed by atoms with E-state index in [2.05, 4.69) is 17.4 Å². The maximum atomic E-state index is 12.1. The molecular formula is C20H27ClN2O2. The summed E-state index contributed by atoms with van der Waals surface area (Å²) in [5.74, 6) is 0.735. The molecule has 1 atom stereocenters. The molecule has 0 bridgehead atoms. The predicted octanol–water partition coefficient (Wildman–Crippen LogP) is 3.92. The number of benzene rings is 2. The van der Waals surface area contributed by atoms with Crippen molar-refractivity contribution in [1.29, 1.82) is 0 Å². The molecule has 2 aromatic carbocycles. The predicted molar refractivity (Wildman–Crippen MR) is 105 cm³/mol. The maximum absolute atomic E-state index is 12.1. The van der Waals surface area contributed by atoms with Crippen LogP contribution >= 0.6 is 12.4 Å². The molecule has 5 heteroatoms. The topological polar surface area (TPSA) is 64.4 Å². The van der Waals surface area contributed by atoms with E-state index in [-0.39, 0.29) is 18.3 Å². The Hall–Kier alpha value is -2.04. The summed E-state index contributed by atoms with van der Waals surface area (Å²) in [6, 6.07) is 16.1. The van der Waals surface area contributed by atoms with Gasteiger partial charge >= 0.3 is 0 Å². The van der Waals surface area contributed by atoms with E-state index >= 15 is 0 Å². The van der Waals surface area contributed by atoms with Gasteiger partial charge in [0.25, 0.3) is 0 Å². The number of amides is 1. The minimum atomic E-state index is -0.808. The van der Waals surface area contributed by atoms with E-state index in [0.717, 1.165) is 28.9 Å². The van der Waals surface area contributed by atoms with E-state index in [1.54, 1.807) is 14.0 Å². The highest BCUT2D eigenvalue weighted by Crippen LogP contribution is 2.22. The standard InChI is InChI=1S/C20H26N2O2.ClH/c1-4-13-20(2,21)19(23)22-14-15-5-7-16(8-6-15)17-9-11-18(24-3)12-10-17;/h5-12H,4,13-14,21H2,1-3H3,(H,22,23);1H. The normalized spacial score (nSPS) is 12.6. The second kappa shape index (κ2) is 9.44. The van der Waals surface area contributed by atoms with Crippen molar-refractivity contribution in [2.75, 3.05) is 7.11 Å². The summed E-state index contributed by atoms with van der Waals surface area (Å²) in [4.78, 5) is 12.1. The summed E-state index contributed by atoms with van der Waals surface area (Å²) in [6.07, 6.45) is 1.56. The summed E-state index contributed by atoms with van der Waals surface area (Å²) >= 11 is 0. The first-order valence-corrected chi connectivity index (χ1v) is 8.27. The van der Waals surface area contributed by atoms with Gasteiger partial charge in [0.2, 0.25) is 5.91 Å². The second-order valence-corrected chi connectivity index (χ2v) is 6.28. The van der Waals surface area contributed by atoms with Gasteiger partial charge in [-0.05, 0) is 42.2 Å². The molecule has 0 saturated carbocycles. The number of methoxy groups -OCH3 is 1. The highest BCUT2D eigenvalue weighted by molar-refractivity contribution is 5.85. The van der Waals surface area contributed by atoms with Crippen molar-refractivity contribution in [2.24, 2.45) is 5.73 Å². The first-order chi connectivity index (χ1) is 11.5. The summed E-state index contributed by atoms with van der Waals surface area (Å²) in [5, 5.41) is 2.92. The van der Waals surface area contributed by atoms with E-state index in [1.165, 1.54) is 0 Å². The third-order valence-corrected chi connectivity index (χ3v) is 4.12. The SMILES string of the molecule is CCCC(C)(N)C(=O)NCc1ccc(-c2ccc(OC)cc2)cc1.Cl. The van der Waals surface area contributed by atoms with Crippen LogP contribution in [-0.4, -0.2) is 18.6 Å². The second-order valence-electron chi connectivity index (χ2n) is 6.28. The molecule has 0 fully saturated rings. The molecule has 1 amide bonds. The monoisotopic (exact) mass is 362 g/mol. The number of halogens is 1. The fourth-order valence-corrected chi connectivity index (χ4v) is 2.62. The van der Waals surface area contributed by atoms with Crippen LogP contribution in [0.5, 0.6) is 5.75 Å². The molecule has 0 aliphatic rings. The van der Waals surface area contributed by atoms with Crippen molar-refractivity contribution in [3.8, 4) is 16.9 Å². The van der Waals surface area contributed by atoms with Crippen LogP contribution < -0.4 is 15.8 Å². The number of rotatable bonds is 7. The summed E-state index contributed by atoms with van der Waals surface area (Å²) < 4.78 is 5.17. The van der Waals surface area contributed by atoms with Gasteiger partial charge in [-0.1, -0.05) is 49.7 Å². The highest BCUT2D eigenvalue weighted by atomic mass is 35.5. The molecule has 2 aromatic rings. The van der Waals surface area contributed by atoms with Gasteiger partial charge < -0.3 is 15.8 Å². The van der Waals surface area contributed by atoms with Crippen molar-refractivity contribution in [1.82, 2.24) is 5.32 Å². The van der Waals surface area contributed by atoms with Crippen molar-refractivity contribution < 1.29 is 9.53 Å². The molecule has 1 unspecified atom stereocenters. The first kappa shape index (κ1) is 21.0. The Morgan fingerprint density at radius 2 is 1.60 bits per heavy atom. The molecule has 2 rings (SSSR count). The summed E-state index contributed by atoms with van der Waals surface area (Å²) in [5.41, 5.74) is 8.53. The lowest BCUT2D eigenvalue weighted by atomic mass is 9.96. The molecular weight excluding hydrogens is 336 g/mol. The minimum Gasteiger partial charge on any atom is -0.497 e. The van der Waals surface area contributed by atoms with Gasteiger partial charge in [0.1, 0.15) is 5.75 Å². The van der Waals surface area contributed by atoms with Crippen LogP contribution in [0.15, 0.2) is 48.5 Å². The number of nitrogens with one attached hydrogen (secondary N) is 1. The largest absolute Gasteiger partial charge is 0.497 e. The van der Waals surface area contributed by atoms with Gasteiger partial charge in [-0.25, -0.2) is 0 Å². The minimum absolute atomic E-state index is 0. The maximum Gasteiger partial charge on any atom is 0.240 e. The lowest BCUT2D eigenvalue weighted by Crippen LogP contribution is -2.51. The molecule has 0 aromatic heterocycles. The van der Waals surface area contributed by atoms with Gasteiger partial charge in [-0.3, -0.25) is 4.79 Å². The van der Waals surface area contributed by atoms with E-state index in [0.29, 0.717) is 13.0 Å². The Kier molecular flexibility index (Phi) is 7.94. The number of carbonyl (C=O) groups is 1. The van der Waals surface area contributed by atoms with Crippen LogP contribution in [0.4, 0.5) is 0 Å². The highest BCUT2D eigenvalue weighted by Gasteiger charge is 2.26. The Morgan fingerprint density at radius 1 is 1.08 bits per heavy atom. The van der Waals surface area contributed by atoms with Gasteiger partial charge in [0.15, 0.2) is 0 Å². The van der Waals surface area contributed by atoms with Crippen LogP contribution in [0.25, 0.3) is 11.1 Å². The van der Waals surface area contributed by atoms with E-state index in [9.17, 15) is 4.79 Å². The summed E-state index contributed by atoms with van der Waals surface area (Å²) in [6.45, 7) is 4.28. The molecule has 0 aliphatic heterocycles. The zero-order chi connectivity index (χ0) is 17.6. The molecule has 0 radical (unpaired) electrons. The number of hydrogen-bond acceptors (Lipinski definition) is 3. The smallest absolute Gasteiger partial charge is 0.240 e. The van der Waals surface area contributed by atoms with Crippen LogP contribution in [-0.2, 0) is 11.3 Å². The van der Waals surface area contributed by atoms with E-state index < -0.39 is 5.54 Å². The van der Waals surface area contributed by atoms with Crippen LogP contribution in [0.3, 0.4) is 0 Å². The molecule has 136 valence electrons. The Labute approximate surface area is 156 Å². The van der Waals surface area contributed by atoms with Crippen molar-refractivity contribution in [3.63, 3.8) is 0 Å². The lowest BCUT2D eigenvalue weighted by molar-refractivity contribution is -0.126. The van der Waals surface area contributed by atoms with Crippen molar-refractivity contribution in [3.05, 3.63) is 54.1 Å². The zero-order valence-electron chi connectivity index (χ0n) is 15.0. The Morgan fingerprint density at radius 3 is 2.08 bits per heavy atom. The third kappa shape index (κ3) is 5.76. The molecule has 0 saturated heterocycles. The number of ether oxygens (including phenoxy) is 1. The molecule has 3 N–H and O–H groups in total. The van der Waals surface area contributed by atoms with Gasteiger partial charge in [0.05, 0.1) is 12.6 Å². The fraction of sp³-hybridized carbons (Fsp3) is 0.350. The van der Waals surface area contributed by atoms with E-state index in [4.69, 9.17) is 10.5 Å². The van der Waals surface area contributed by atoms with Gasteiger partial charge in [0, 0.05) is 6.54 Å². The molecule has 25 heavy (non-hydrogen) atoms. The van der Waals surface area contributed by atoms with Gasteiger partial charge in [-0.15, -0.1) is 12.4 Å². The van der Waals surface area contributed by atoms with Crippen molar-refractivity contribution >= 4 is 18.3 Å². The molecule has 0 heterocycles. The first-order valence-electron chi connectivity index (χ1n) is 8.27. The quantitative estimate of drug-likeness (QED) is 0.784. The number of nitrogens with two attached hydrogens (primary N) is 1. The average molecular weight is 363 g/mol. The third-order valence-electron chi connectivity index (χ3n) is 4.12. The molecule has 0 spiro atoms. The Balaban J connectivity index is 0.00000312. The van der Waals surface area contributed by atoms with Crippen LogP contribution in [0.1, 0.15) is 32.3 Å². The fourth-order valence-electron chi connectivity index (χ4n) is 2.62.